The molecule has 6 aromatic rings. The van der Waals surface area contributed by atoms with E-state index >= 15 is 0 Å². The van der Waals surface area contributed by atoms with Gasteiger partial charge in [0, 0.05) is 12.0 Å². The van der Waals surface area contributed by atoms with Crippen LogP contribution in [0, 0.1) is 35.5 Å². The Kier molecular flexibility index (Phi) is 107. The van der Waals surface area contributed by atoms with Crippen LogP contribution in [0.5, 0.6) is 0 Å². The Hall–Kier alpha value is -6.57. The maximum Gasteiger partial charge on any atom is 0.163 e. The van der Waals surface area contributed by atoms with Crippen LogP contribution >= 0.6 is 0 Å². The lowest BCUT2D eigenvalue weighted by atomic mass is 9.56. The van der Waals surface area contributed by atoms with E-state index in [0.29, 0.717) is 5.78 Å². The van der Waals surface area contributed by atoms with Gasteiger partial charge < -0.3 is 0 Å². The van der Waals surface area contributed by atoms with Gasteiger partial charge in [0.15, 0.2) is 5.78 Å². The predicted molar refractivity (Wildman–Crippen MR) is 672 cm³/mol. The number of carbonyl (C=O) groups excluding carboxylic acids is 1. The fourth-order valence-corrected chi connectivity index (χ4v) is 22.1. The first-order valence-electron chi connectivity index (χ1n) is 55.0. The van der Waals surface area contributed by atoms with E-state index in [-0.39, 0.29) is 126 Å². The van der Waals surface area contributed by atoms with Crippen LogP contribution < -0.4 is 0 Å². The minimum Gasteiger partial charge on any atom is -0.294 e. The van der Waals surface area contributed by atoms with E-state index in [0.717, 1.165) is 55.9 Å². The zero-order chi connectivity index (χ0) is 87.6. The van der Waals surface area contributed by atoms with Crippen LogP contribution in [0.3, 0.4) is 0 Å². The van der Waals surface area contributed by atoms with E-state index in [1.165, 1.54) is 405 Å². The summed E-state index contributed by atoms with van der Waals surface area (Å²) < 4.78 is 0. The second-order valence-electron chi connectivity index (χ2n) is 40.9. The Morgan fingerprint density at radius 1 is 0.160 bits per heavy atom. The molecule has 27 rings (SSSR count). The Morgan fingerprint density at radius 3 is 0.576 bits per heavy atom. The normalized spacial score (nSPS) is 20.8. The first-order chi connectivity index (χ1) is 63.1. The number of carbonyl (C=O) groups is 1. The van der Waals surface area contributed by atoms with Gasteiger partial charge in [-0.1, -0.05) is 608 Å². The third-order valence-electron chi connectivity index (χ3n) is 30.1. The van der Waals surface area contributed by atoms with Crippen LogP contribution in [0.25, 0.3) is 11.1 Å². The van der Waals surface area contributed by atoms with Crippen molar-refractivity contribution < 1.29 is 4.79 Å². The van der Waals surface area contributed by atoms with Crippen molar-refractivity contribution in [2.45, 2.75) is 582 Å². The molecular weight excluding hydrogens is 1730 g/mol. The van der Waals surface area contributed by atoms with Crippen LogP contribution in [-0.2, 0) is 51.4 Å². The quantitative estimate of drug-likeness (QED) is 0.109. The van der Waals surface area contributed by atoms with Crippen molar-refractivity contribution in [2.24, 2.45) is 35.5 Å². The molecule has 0 aromatic heterocycles. The Morgan fingerprint density at radius 2 is 0.368 bits per heavy atom. The molecular formula is C143H252O. The van der Waals surface area contributed by atoms with Crippen molar-refractivity contribution >= 4 is 5.78 Å². The molecule has 1 nitrogen and oxygen atoms in total. The van der Waals surface area contributed by atoms with Gasteiger partial charge in [0.05, 0.1) is 0 Å². The molecule has 830 valence electrons. The molecule has 6 aromatic carbocycles. The van der Waals surface area contributed by atoms with Crippen LogP contribution in [-0.4, -0.2) is 5.78 Å². The van der Waals surface area contributed by atoms with Crippen molar-refractivity contribution in [3.05, 3.63) is 274 Å². The zero-order valence-corrected chi connectivity index (χ0v) is 81.4. The highest BCUT2D eigenvalue weighted by Gasteiger charge is 2.42. The first kappa shape index (κ1) is 153. The van der Waals surface area contributed by atoms with Crippen molar-refractivity contribution in [2.75, 3.05) is 0 Å². The fraction of sp³-hybridized carbons (Fsp3) is 0.657. The van der Waals surface area contributed by atoms with E-state index < -0.39 is 0 Å². The van der Waals surface area contributed by atoms with Gasteiger partial charge in [0.2, 0.25) is 0 Å². The highest BCUT2D eigenvalue weighted by atomic mass is 16.1. The molecule has 1 heteroatoms. The van der Waals surface area contributed by atoms with Crippen molar-refractivity contribution in [1.82, 2.24) is 0 Å². The number of rotatable bonds is 0. The second-order valence-corrected chi connectivity index (χ2v) is 40.9. The number of fused-ring (bicyclic) bond motifs is 8. The third kappa shape index (κ3) is 66.8. The number of ketones is 1. The summed E-state index contributed by atoms with van der Waals surface area (Å²) in [6, 6.07) is 51.4. The second kappa shape index (κ2) is 101. The van der Waals surface area contributed by atoms with Gasteiger partial charge in [-0.05, 0) is 283 Å². The van der Waals surface area contributed by atoms with Crippen LogP contribution in [0.2, 0.25) is 0 Å². The minimum atomic E-state index is 0. The Labute approximate surface area is 907 Å². The molecule has 0 atom stereocenters. The van der Waals surface area contributed by atoms with E-state index in [1.807, 2.05) is 24.3 Å². The van der Waals surface area contributed by atoms with Crippen LogP contribution in [0.4, 0.5) is 0 Å². The molecule has 144 heavy (non-hydrogen) atoms. The molecule has 0 saturated heterocycles. The first-order valence-corrected chi connectivity index (χ1v) is 55.0. The molecule has 12 fully saturated rings. The summed E-state index contributed by atoms with van der Waals surface area (Å²) in [7, 11) is 0. The Bertz CT molecular complexity index is 3640. The number of aryl methyl sites for hydroxylation is 7. The van der Waals surface area contributed by atoms with E-state index in [2.05, 4.69) is 194 Å². The molecule has 0 spiro atoms. The largest absolute Gasteiger partial charge is 0.294 e. The summed E-state index contributed by atoms with van der Waals surface area (Å²) in [6.45, 7) is 0. The van der Waals surface area contributed by atoms with Crippen LogP contribution in [0.15, 0.2) is 219 Å². The average molecular weight is 1990 g/mol. The molecule has 0 aliphatic heterocycles. The molecule has 12 saturated carbocycles. The minimum absolute atomic E-state index is 0. The number of allylic oxidation sites excluding steroid dienone is 12. The molecule has 21 aliphatic carbocycles. The molecule has 0 unspecified atom stereocenters. The van der Waals surface area contributed by atoms with Crippen LogP contribution in [0.1, 0.15) is 591 Å². The fourth-order valence-electron chi connectivity index (χ4n) is 22.1. The zero-order valence-electron chi connectivity index (χ0n) is 81.4. The number of hydrogen-bond donors (Lipinski definition) is 0. The van der Waals surface area contributed by atoms with Gasteiger partial charge in [-0.3, -0.25) is 4.79 Å². The molecule has 4 bridgehead atoms. The number of hydrogen-bond acceptors (Lipinski definition) is 1. The monoisotopic (exact) mass is 1990 g/mol. The van der Waals surface area contributed by atoms with E-state index in [1.54, 1.807) is 97.6 Å². The lowest BCUT2D eigenvalue weighted by Gasteiger charge is -2.49. The Balaban J connectivity index is -0.000000228. The summed E-state index contributed by atoms with van der Waals surface area (Å²) in [5.41, 5.74) is 17.3. The summed E-state index contributed by atoms with van der Waals surface area (Å²) in [5, 5.41) is 0. The standard InChI is InChI=1S/C13H10.C10H10O.C10H16.C10H18.C10H12.C9H10.C8H8.C8H16.C7H14.C6H12.C6H10.2C6H8.C5H10.C5H8.C4H8.C3H6.17CH4/c1-3-7-12-10(5-1)9-11-6-2-4-8-13(11)12;11-10-7-3-5-8-4-1-2-6-9(8)10;1-7-2-9-4-8(1)5-10(3-7)6-9;2*1-2-6-10-8-4-3-7-9(10)5-1;1-2-5-9-7-3-6-8(9)4-1;1-2-4-8-6-5-7(8)3-1;1-2-4-6-8-7-5-3-1;1-2-4-6-7-5-3-1;4*1-2-4-6-5-3-1;2*1-2-4-5-3-1;1-2-4-3-1;1-2-3-1;;;;;;;;;;;;;;;;;/h1-8H,9H2;1-2,4,6H,3,5,7H2;7-10H,1-6H2;9-10H,1-8H2;1-2,5-6H,3-4,7-8H2;1-2,4-5H,3,6-7H2;1-4H,5-6H2;1-8H2;1-7H2;1-6H2;1-2H,3-6H2;1-2,5-6H,3-4H2;1-4H,5-6H2;1-5H2;1-2H,3-5H2;1-4H2;1-3H2;17*1H4. The molecule has 21 aliphatic rings. The molecule has 0 amide bonds. The smallest absolute Gasteiger partial charge is 0.163 e. The summed E-state index contributed by atoms with van der Waals surface area (Å²) in [4.78, 5) is 11.3. The lowest BCUT2D eigenvalue weighted by Crippen LogP contribution is -2.38. The number of Topliss-reactive ketones (excluding diaryl/α,β-unsaturated/α-hetero) is 1. The van der Waals surface area contributed by atoms with Crippen molar-refractivity contribution in [3.63, 3.8) is 0 Å². The highest BCUT2D eigenvalue weighted by Crippen LogP contribution is 2.53. The maximum atomic E-state index is 11.3. The average Bonchev–Trinajstić information content (AvgIpc) is 0.879. The van der Waals surface area contributed by atoms with Gasteiger partial charge in [-0.2, -0.15) is 0 Å². The summed E-state index contributed by atoms with van der Waals surface area (Å²) >= 11 is 0. The SMILES string of the molecule is C.C.C.C.C.C.C.C.C.C.C.C.C.C.C.C.C.C1=CCC=CC1.C1=CCCC1.C1=CCCC=C1.C1=CCCCC1.C1C2CC3CC1CC(C2)C3.C1CC1.C1CCC1.C1CCC2CCCCC2C1.C1CCCC1.C1CCCCC1.C1CCCCCC1.C1CCCCCCC1.O=C1CCCc2ccccc21.c1ccc2c(c1)CC2.c1ccc2c(c1)CCC2.c1ccc2c(c1)CCCC2.c1ccc2c(c1)Cc1ccccc1-2. The van der Waals surface area contributed by atoms with Gasteiger partial charge in [0.25, 0.3) is 0 Å². The van der Waals surface area contributed by atoms with Gasteiger partial charge in [-0.15, -0.1) is 0 Å². The number of benzene rings is 6. The molecule has 0 radical (unpaired) electrons. The van der Waals surface area contributed by atoms with Gasteiger partial charge in [0.1, 0.15) is 0 Å². The summed E-state index contributed by atoms with van der Waals surface area (Å²) in [5.74, 6) is 7.33. The third-order valence-corrected chi connectivity index (χ3v) is 30.1. The highest BCUT2D eigenvalue weighted by molar-refractivity contribution is 5.98. The van der Waals surface area contributed by atoms with E-state index in [9.17, 15) is 4.79 Å². The van der Waals surface area contributed by atoms with E-state index in [4.69, 9.17) is 0 Å². The molecule has 0 N–H and O–H groups in total. The van der Waals surface area contributed by atoms with Gasteiger partial charge in [-0.25, -0.2) is 0 Å². The predicted octanol–water partition coefficient (Wildman–Crippen LogP) is 49.5. The van der Waals surface area contributed by atoms with Crippen molar-refractivity contribution in [1.29, 1.82) is 0 Å². The maximum absolute atomic E-state index is 11.3. The van der Waals surface area contributed by atoms with Crippen molar-refractivity contribution in [3.8, 4) is 11.1 Å². The lowest BCUT2D eigenvalue weighted by molar-refractivity contribution is 0.0198. The summed E-state index contributed by atoms with van der Waals surface area (Å²) in [6.07, 6.45) is 128. The topological polar surface area (TPSA) is 17.1 Å². The molecule has 0 heterocycles. The van der Waals surface area contributed by atoms with Gasteiger partial charge >= 0.3 is 0 Å².